The summed E-state index contributed by atoms with van der Waals surface area (Å²) in [5, 5.41) is 2.62. The molecule has 0 fully saturated rings. The van der Waals surface area contributed by atoms with Gasteiger partial charge in [-0.3, -0.25) is 9.59 Å². The predicted octanol–water partition coefficient (Wildman–Crippen LogP) is 1.93. The fourth-order valence-corrected chi connectivity index (χ4v) is 3.25. The second-order valence-corrected chi connectivity index (χ2v) is 7.58. The van der Waals surface area contributed by atoms with Gasteiger partial charge in [0, 0.05) is 12.2 Å². The van der Waals surface area contributed by atoms with Gasteiger partial charge in [0.2, 0.25) is 10.0 Å². The van der Waals surface area contributed by atoms with Crippen molar-refractivity contribution in [2.24, 2.45) is 0 Å². The van der Waals surface area contributed by atoms with Gasteiger partial charge >= 0.3 is 5.97 Å². The van der Waals surface area contributed by atoms with Crippen LogP contribution in [0.3, 0.4) is 0 Å². The lowest BCUT2D eigenvalue weighted by atomic mass is 10.3. The van der Waals surface area contributed by atoms with Crippen LogP contribution in [-0.4, -0.2) is 40.1 Å². The number of ether oxygens (including phenoxy) is 2. The molecule has 2 aromatic carbocycles. The van der Waals surface area contributed by atoms with Crippen molar-refractivity contribution >= 4 is 27.6 Å². The van der Waals surface area contributed by atoms with Crippen LogP contribution in [0.4, 0.5) is 5.69 Å². The normalized spacial score (nSPS) is 12.1. The molecule has 0 aliphatic rings. The van der Waals surface area contributed by atoms with Crippen molar-refractivity contribution in [1.29, 1.82) is 0 Å². The molecule has 8 nitrogen and oxygen atoms in total. The van der Waals surface area contributed by atoms with Gasteiger partial charge in [0.25, 0.3) is 5.91 Å². The Morgan fingerprint density at radius 2 is 1.68 bits per heavy atom. The van der Waals surface area contributed by atoms with Crippen molar-refractivity contribution in [1.82, 2.24) is 4.72 Å². The van der Waals surface area contributed by atoms with Gasteiger partial charge in [-0.05, 0) is 43.3 Å². The summed E-state index contributed by atoms with van der Waals surface area (Å²) in [4.78, 5) is 24.1. The zero-order chi connectivity index (χ0) is 20.6. The molecule has 0 spiro atoms. The number of carbonyl (C=O) groups is 2. The van der Waals surface area contributed by atoms with E-state index in [4.69, 9.17) is 9.47 Å². The van der Waals surface area contributed by atoms with Gasteiger partial charge in [-0.2, -0.15) is 0 Å². The second-order valence-electron chi connectivity index (χ2n) is 5.81. The Labute approximate surface area is 163 Å². The number of anilines is 1. The van der Waals surface area contributed by atoms with E-state index in [1.165, 1.54) is 26.2 Å². The number of sulfonamides is 1. The van der Waals surface area contributed by atoms with Crippen LogP contribution >= 0.6 is 0 Å². The molecule has 2 aromatic rings. The van der Waals surface area contributed by atoms with E-state index in [1.807, 2.05) is 0 Å². The van der Waals surface area contributed by atoms with Crippen LogP contribution in [0.25, 0.3) is 0 Å². The molecular weight excluding hydrogens is 384 g/mol. The number of esters is 1. The molecule has 0 heterocycles. The van der Waals surface area contributed by atoms with Crippen LogP contribution in [0.15, 0.2) is 59.5 Å². The van der Waals surface area contributed by atoms with Crippen molar-refractivity contribution < 1.29 is 27.5 Å². The molecule has 2 rings (SSSR count). The minimum atomic E-state index is -3.69. The number of methoxy groups -OCH3 is 1. The average molecular weight is 406 g/mol. The maximum absolute atomic E-state index is 12.1. The summed E-state index contributed by atoms with van der Waals surface area (Å²) in [5.74, 6) is -0.535. The quantitative estimate of drug-likeness (QED) is 0.616. The molecule has 150 valence electrons. The van der Waals surface area contributed by atoms with Gasteiger partial charge in [0.1, 0.15) is 5.75 Å². The molecule has 1 amide bonds. The summed E-state index contributed by atoms with van der Waals surface area (Å²) in [7, 11) is -2.16. The zero-order valence-electron chi connectivity index (χ0n) is 15.5. The van der Waals surface area contributed by atoms with Crippen molar-refractivity contribution in [3.63, 3.8) is 0 Å². The van der Waals surface area contributed by atoms with Crippen LogP contribution in [0.5, 0.6) is 5.75 Å². The summed E-state index contributed by atoms with van der Waals surface area (Å²) in [6.45, 7) is 1.30. The standard InChI is InChI=1S/C19H22N2O6S/c1-14(19(23)21-15-8-10-16(26-2)11-9-15)27-18(22)12-13-20-28(24,25)17-6-4-3-5-7-17/h3-11,14,20H,12-13H2,1-2H3,(H,21,23)/t14-/m1/s1. The largest absolute Gasteiger partial charge is 0.497 e. The van der Waals surface area contributed by atoms with Gasteiger partial charge in [-0.25, -0.2) is 13.1 Å². The number of benzene rings is 2. The molecule has 0 saturated carbocycles. The van der Waals surface area contributed by atoms with E-state index >= 15 is 0 Å². The molecule has 2 N–H and O–H groups in total. The summed E-state index contributed by atoms with van der Waals surface area (Å²) >= 11 is 0. The monoisotopic (exact) mass is 406 g/mol. The third kappa shape index (κ3) is 6.36. The van der Waals surface area contributed by atoms with E-state index in [-0.39, 0.29) is 17.9 Å². The van der Waals surface area contributed by atoms with Crippen LogP contribution in [0.1, 0.15) is 13.3 Å². The van der Waals surface area contributed by atoms with Gasteiger partial charge < -0.3 is 14.8 Å². The Morgan fingerprint density at radius 1 is 1.04 bits per heavy atom. The summed E-state index contributed by atoms with van der Waals surface area (Å²) < 4.78 is 36.5. The highest BCUT2D eigenvalue weighted by molar-refractivity contribution is 7.89. The topological polar surface area (TPSA) is 111 Å². The van der Waals surface area contributed by atoms with E-state index in [2.05, 4.69) is 10.0 Å². The van der Waals surface area contributed by atoms with Crippen molar-refractivity contribution in [2.75, 3.05) is 19.0 Å². The Hall–Kier alpha value is -2.91. The maximum atomic E-state index is 12.1. The Balaban J connectivity index is 1.77. The highest BCUT2D eigenvalue weighted by Crippen LogP contribution is 2.15. The maximum Gasteiger partial charge on any atom is 0.307 e. The minimum Gasteiger partial charge on any atom is -0.497 e. The molecule has 0 unspecified atom stereocenters. The fourth-order valence-electron chi connectivity index (χ4n) is 2.20. The van der Waals surface area contributed by atoms with E-state index in [0.717, 1.165) is 0 Å². The second kappa shape index (κ2) is 9.86. The molecule has 1 atom stereocenters. The van der Waals surface area contributed by atoms with E-state index in [9.17, 15) is 18.0 Å². The van der Waals surface area contributed by atoms with Crippen LogP contribution < -0.4 is 14.8 Å². The Bertz CT molecular complexity index is 898. The molecular formula is C19H22N2O6S. The lowest BCUT2D eigenvalue weighted by Gasteiger charge is -2.14. The minimum absolute atomic E-state index is 0.107. The van der Waals surface area contributed by atoms with Crippen LogP contribution in [0.2, 0.25) is 0 Å². The third-order valence-electron chi connectivity index (χ3n) is 3.71. The van der Waals surface area contributed by atoms with Crippen LogP contribution in [-0.2, 0) is 24.3 Å². The molecule has 0 aliphatic carbocycles. The first-order chi connectivity index (χ1) is 13.3. The first-order valence-corrected chi connectivity index (χ1v) is 9.99. The van der Waals surface area contributed by atoms with Crippen LogP contribution in [0, 0.1) is 0 Å². The molecule has 0 bridgehead atoms. The SMILES string of the molecule is COc1ccc(NC(=O)[C@@H](C)OC(=O)CCNS(=O)(=O)c2ccccc2)cc1. The van der Waals surface area contributed by atoms with E-state index in [1.54, 1.807) is 42.5 Å². The number of rotatable bonds is 9. The van der Waals surface area contributed by atoms with Gasteiger partial charge in [0.05, 0.1) is 18.4 Å². The highest BCUT2D eigenvalue weighted by atomic mass is 32.2. The molecule has 0 saturated heterocycles. The fraction of sp³-hybridized carbons (Fsp3) is 0.263. The zero-order valence-corrected chi connectivity index (χ0v) is 16.4. The molecule has 0 radical (unpaired) electrons. The number of hydrogen-bond acceptors (Lipinski definition) is 6. The number of nitrogens with one attached hydrogen (secondary N) is 2. The Kier molecular flexibility index (Phi) is 7.53. The average Bonchev–Trinajstić information content (AvgIpc) is 2.69. The molecule has 0 aliphatic heterocycles. The number of carbonyl (C=O) groups excluding carboxylic acids is 2. The Morgan fingerprint density at radius 3 is 2.29 bits per heavy atom. The van der Waals surface area contributed by atoms with Gasteiger partial charge in [0.15, 0.2) is 6.10 Å². The lowest BCUT2D eigenvalue weighted by Crippen LogP contribution is -2.32. The van der Waals surface area contributed by atoms with Gasteiger partial charge in [-0.15, -0.1) is 0 Å². The molecule has 0 aromatic heterocycles. The lowest BCUT2D eigenvalue weighted by molar-refractivity contribution is -0.152. The summed E-state index contributed by atoms with van der Waals surface area (Å²) in [6.07, 6.45) is -1.23. The van der Waals surface area contributed by atoms with E-state index in [0.29, 0.717) is 11.4 Å². The smallest absolute Gasteiger partial charge is 0.307 e. The number of amides is 1. The predicted molar refractivity (Wildman–Crippen MR) is 103 cm³/mol. The van der Waals surface area contributed by atoms with Crippen molar-refractivity contribution in [3.05, 3.63) is 54.6 Å². The first-order valence-electron chi connectivity index (χ1n) is 8.51. The van der Waals surface area contributed by atoms with E-state index < -0.39 is 28.0 Å². The first kappa shape index (κ1) is 21.4. The molecule has 9 heteroatoms. The number of hydrogen-bond donors (Lipinski definition) is 2. The third-order valence-corrected chi connectivity index (χ3v) is 5.19. The summed E-state index contributed by atoms with van der Waals surface area (Å²) in [5.41, 5.74) is 0.532. The van der Waals surface area contributed by atoms with Crippen molar-refractivity contribution in [2.45, 2.75) is 24.3 Å². The molecule has 28 heavy (non-hydrogen) atoms. The highest BCUT2D eigenvalue weighted by Gasteiger charge is 2.19. The van der Waals surface area contributed by atoms with Gasteiger partial charge in [-0.1, -0.05) is 18.2 Å². The van der Waals surface area contributed by atoms with Crippen molar-refractivity contribution in [3.8, 4) is 5.75 Å². The summed E-state index contributed by atoms with van der Waals surface area (Å²) in [6, 6.07) is 14.5.